The van der Waals surface area contributed by atoms with Gasteiger partial charge in [0.1, 0.15) is 17.5 Å². The molecule has 1 aromatic heterocycles. The lowest BCUT2D eigenvalue weighted by molar-refractivity contribution is -0.159. The Kier molecular flexibility index (Phi) is 5.17. The molecular weight excluding hydrogens is 475 g/mol. The molecular formula is C28H25FN4O4. The number of hydrogen-bond acceptors (Lipinski definition) is 6. The molecule has 2 aromatic rings. The maximum absolute atomic E-state index is 13.8. The predicted molar refractivity (Wildman–Crippen MR) is 136 cm³/mol. The van der Waals surface area contributed by atoms with Crippen LogP contribution in [0.1, 0.15) is 26.3 Å². The molecule has 2 unspecified atom stereocenters. The van der Waals surface area contributed by atoms with Crippen molar-refractivity contribution in [3.8, 4) is 0 Å². The molecule has 0 radical (unpaired) electrons. The van der Waals surface area contributed by atoms with Crippen LogP contribution in [-0.2, 0) is 19.1 Å². The van der Waals surface area contributed by atoms with Crippen LogP contribution in [0.3, 0.4) is 0 Å². The molecule has 9 heteroatoms. The topological polar surface area (TPSA) is 104 Å². The SMILES string of the molecule is CC(C)(C)OC(=O)C1C=C2C=CC=C3C(C4=C(c5c[nH]c6cc(F)ccc56)C(=O)NC4=O)=NCCN1C23. The van der Waals surface area contributed by atoms with E-state index in [2.05, 4.69) is 10.3 Å². The van der Waals surface area contributed by atoms with Crippen molar-refractivity contribution < 1.29 is 23.5 Å². The van der Waals surface area contributed by atoms with Crippen molar-refractivity contribution in [3.63, 3.8) is 0 Å². The van der Waals surface area contributed by atoms with Crippen LogP contribution in [0, 0.1) is 5.82 Å². The minimum atomic E-state index is -0.629. The molecule has 2 N–H and O–H groups in total. The van der Waals surface area contributed by atoms with E-state index in [1.54, 1.807) is 12.3 Å². The van der Waals surface area contributed by atoms with Crippen molar-refractivity contribution in [1.82, 2.24) is 15.2 Å². The number of fused-ring (bicyclic) bond motifs is 1. The number of aliphatic imine (C=N–C) groups is 1. The van der Waals surface area contributed by atoms with E-state index in [1.807, 2.05) is 50.0 Å². The van der Waals surface area contributed by atoms with Gasteiger partial charge in [-0.05, 0) is 50.1 Å². The van der Waals surface area contributed by atoms with Crippen molar-refractivity contribution in [2.45, 2.75) is 38.5 Å². The van der Waals surface area contributed by atoms with Crippen LogP contribution in [0.2, 0.25) is 0 Å². The number of imide groups is 1. The van der Waals surface area contributed by atoms with Crippen LogP contribution in [0.5, 0.6) is 0 Å². The van der Waals surface area contributed by atoms with E-state index in [1.165, 1.54) is 12.1 Å². The van der Waals surface area contributed by atoms with Crippen LogP contribution >= 0.6 is 0 Å². The fraction of sp³-hybridized carbons (Fsp3) is 0.286. The second-order valence-electron chi connectivity index (χ2n) is 10.4. The van der Waals surface area contributed by atoms with Gasteiger partial charge in [0.15, 0.2) is 0 Å². The van der Waals surface area contributed by atoms with Gasteiger partial charge < -0.3 is 9.72 Å². The lowest BCUT2D eigenvalue weighted by Gasteiger charge is -2.32. The summed E-state index contributed by atoms with van der Waals surface area (Å²) in [6.45, 7) is 6.28. The van der Waals surface area contributed by atoms with Gasteiger partial charge in [0.2, 0.25) is 0 Å². The van der Waals surface area contributed by atoms with E-state index in [9.17, 15) is 18.8 Å². The summed E-state index contributed by atoms with van der Waals surface area (Å²) in [7, 11) is 0. The van der Waals surface area contributed by atoms with Crippen LogP contribution < -0.4 is 5.32 Å². The standard InChI is InChI=1S/C28H25FN4O4/c1-28(2,3)37-27(36)20-11-14-5-4-6-17-23(30-9-10-33(20)24(14)17)22-21(25(34)32-26(22)35)18-13-31-19-12-15(29)7-8-16(18)19/h4-8,11-13,20,24,31H,9-10H2,1-3H3,(H,32,34,35). The largest absolute Gasteiger partial charge is 0.459 e. The molecule has 4 aliphatic rings. The molecule has 0 bridgehead atoms. The Morgan fingerprint density at radius 1 is 1.19 bits per heavy atom. The fourth-order valence-corrected chi connectivity index (χ4v) is 5.46. The van der Waals surface area contributed by atoms with E-state index < -0.39 is 29.3 Å². The summed E-state index contributed by atoms with van der Waals surface area (Å²) in [6.07, 6.45) is 9.18. The third kappa shape index (κ3) is 3.77. The number of carbonyl (C=O) groups is 3. The number of rotatable bonds is 3. The summed E-state index contributed by atoms with van der Waals surface area (Å²) in [5, 5.41) is 3.04. The number of carbonyl (C=O) groups excluding carboxylic acids is 3. The highest BCUT2D eigenvalue weighted by atomic mass is 19.1. The van der Waals surface area contributed by atoms with Crippen molar-refractivity contribution in [2.24, 2.45) is 4.99 Å². The van der Waals surface area contributed by atoms with Crippen LogP contribution in [0.4, 0.5) is 4.39 Å². The highest BCUT2D eigenvalue weighted by molar-refractivity contribution is 6.48. The molecule has 6 rings (SSSR count). The summed E-state index contributed by atoms with van der Waals surface area (Å²) in [6, 6.07) is 3.35. The molecule has 0 saturated heterocycles. The zero-order chi connectivity index (χ0) is 26.1. The van der Waals surface area contributed by atoms with Crippen molar-refractivity contribution in [3.05, 3.63) is 76.8 Å². The number of halogens is 1. The average Bonchev–Trinajstić information content (AvgIpc) is 3.44. The quantitative estimate of drug-likeness (QED) is 0.498. The van der Waals surface area contributed by atoms with Gasteiger partial charge >= 0.3 is 5.97 Å². The van der Waals surface area contributed by atoms with E-state index in [-0.39, 0.29) is 23.2 Å². The maximum atomic E-state index is 13.8. The molecule has 4 heterocycles. The number of nitrogens with zero attached hydrogens (tertiary/aromatic N) is 2. The molecule has 0 fully saturated rings. The molecule has 8 nitrogen and oxygen atoms in total. The summed E-state index contributed by atoms with van der Waals surface area (Å²) in [5.74, 6) is -1.82. The zero-order valence-corrected chi connectivity index (χ0v) is 20.6. The van der Waals surface area contributed by atoms with Crippen molar-refractivity contribution in [1.29, 1.82) is 0 Å². The summed E-state index contributed by atoms with van der Waals surface area (Å²) < 4.78 is 19.5. The number of aromatic amines is 1. The first kappa shape index (κ1) is 23.3. The molecule has 3 aliphatic heterocycles. The third-order valence-electron chi connectivity index (χ3n) is 6.84. The normalized spacial score (nSPS) is 23.5. The molecule has 37 heavy (non-hydrogen) atoms. The molecule has 1 aliphatic carbocycles. The number of amides is 2. The van der Waals surface area contributed by atoms with E-state index in [0.29, 0.717) is 35.3 Å². The van der Waals surface area contributed by atoms with Crippen LogP contribution in [0.15, 0.2) is 70.4 Å². The first-order chi connectivity index (χ1) is 17.6. The number of H-pyrrole nitrogens is 1. The van der Waals surface area contributed by atoms with Gasteiger partial charge in [-0.3, -0.25) is 24.8 Å². The first-order valence-electron chi connectivity index (χ1n) is 12.1. The van der Waals surface area contributed by atoms with Gasteiger partial charge in [-0.2, -0.15) is 0 Å². The van der Waals surface area contributed by atoms with Crippen molar-refractivity contribution in [2.75, 3.05) is 13.1 Å². The number of benzene rings is 1. The van der Waals surface area contributed by atoms with E-state index in [4.69, 9.17) is 9.73 Å². The molecule has 2 atom stereocenters. The highest BCUT2D eigenvalue weighted by Gasteiger charge is 2.46. The van der Waals surface area contributed by atoms with Gasteiger partial charge in [-0.1, -0.05) is 24.3 Å². The lowest BCUT2D eigenvalue weighted by atomic mass is 9.86. The second kappa shape index (κ2) is 8.21. The number of aromatic nitrogens is 1. The smallest absolute Gasteiger partial charge is 0.327 e. The predicted octanol–water partition coefficient (Wildman–Crippen LogP) is 2.99. The summed E-state index contributed by atoms with van der Waals surface area (Å²) in [5.41, 5.74) is 2.83. The van der Waals surface area contributed by atoms with Gasteiger partial charge in [-0.25, -0.2) is 9.18 Å². The Hall–Kier alpha value is -4.11. The highest BCUT2D eigenvalue weighted by Crippen LogP contribution is 2.39. The Balaban J connectivity index is 1.45. The summed E-state index contributed by atoms with van der Waals surface area (Å²) in [4.78, 5) is 49.1. The Morgan fingerprint density at radius 3 is 2.76 bits per heavy atom. The molecule has 0 saturated carbocycles. The van der Waals surface area contributed by atoms with Gasteiger partial charge in [0, 0.05) is 29.2 Å². The molecule has 2 amide bonds. The maximum Gasteiger partial charge on any atom is 0.327 e. The van der Waals surface area contributed by atoms with Crippen LogP contribution in [-0.4, -0.2) is 64.2 Å². The summed E-state index contributed by atoms with van der Waals surface area (Å²) >= 11 is 0. The van der Waals surface area contributed by atoms with Gasteiger partial charge in [0.25, 0.3) is 11.8 Å². The Labute approximate surface area is 212 Å². The minimum absolute atomic E-state index is 0.179. The molecule has 188 valence electrons. The average molecular weight is 501 g/mol. The Morgan fingerprint density at radius 2 is 1.97 bits per heavy atom. The number of hydrogen-bond donors (Lipinski definition) is 2. The minimum Gasteiger partial charge on any atom is -0.459 e. The number of esters is 1. The molecule has 1 aromatic carbocycles. The molecule has 0 spiro atoms. The first-order valence-corrected chi connectivity index (χ1v) is 12.1. The Bertz CT molecular complexity index is 1550. The zero-order valence-electron chi connectivity index (χ0n) is 20.6. The van der Waals surface area contributed by atoms with E-state index in [0.717, 1.165) is 11.1 Å². The monoisotopic (exact) mass is 500 g/mol. The van der Waals surface area contributed by atoms with Gasteiger partial charge in [-0.15, -0.1) is 0 Å². The number of allylic oxidation sites excluding steroid dienone is 2. The third-order valence-corrected chi connectivity index (χ3v) is 6.84. The van der Waals surface area contributed by atoms with Crippen LogP contribution in [0.25, 0.3) is 16.5 Å². The van der Waals surface area contributed by atoms with Crippen molar-refractivity contribution >= 4 is 40.0 Å². The number of nitrogens with one attached hydrogen (secondary N) is 2. The van der Waals surface area contributed by atoms with Gasteiger partial charge in [0.05, 0.1) is 29.4 Å². The van der Waals surface area contributed by atoms with E-state index >= 15 is 0 Å². The second-order valence-corrected chi connectivity index (χ2v) is 10.4. The fourth-order valence-electron chi connectivity index (χ4n) is 5.46. The lowest BCUT2D eigenvalue weighted by Crippen LogP contribution is -2.46. The number of ether oxygens (including phenoxy) is 1.